The molecule has 16 heavy (non-hydrogen) atoms. The summed E-state index contributed by atoms with van der Waals surface area (Å²) in [6, 6.07) is -0.135. The molecule has 1 aliphatic heterocycles. The normalized spacial score (nSPS) is 23.1. The fourth-order valence-corrected chi connectivity index (χ4v) is 1.99. The van der Waals surface area contributed by atoms with E-state index in [1.807, 2.05) is 6.92 Å². The highest BCUT2D eigenvalue weighted by atomic mass is 16.7. The van der Waals surface area contributed by atoms with Crippen LogP contribution in [0.3, 0.4) is 0 Å². The smallest absolute Gasteiger partial charge is 0.224 e. The molecule has 1 heterocycles. The Bertz CT molecular complexity index is 213. The monoisotopic (exact) mass is 230 g/mol. The Kier molecular flexibility index (Phi) is 5.73. The zero-order valence-electron chi connectivity index (χ0n) is 10.3. The summed E-state index contributed by atoms with van der Waals surface area (Å²) in [6.07, 6.45) is 1.63. The van der Waals surface area contributed by atoms with E-state index >= 15 is 0 Å². The first kappa shape index (κ1) is 13.4. The average Bonchev–Trinajstić information content (AvgIpc) is 2.31. The minimum absolute atomic E-state index is 0.0746. The van der Waals surface area contributed by atoms with E-state index in [9.17, 15) is 4.79 Å². The second-order valence-corrected chi connectivity index (χ2v) is 4.18. The van der Waals surface area contributed by atoms with Crippen molar-refractivity contribution in [3.63, 3.8) is 0 Å². The van der Waals surface area contributed by atoms with Crippen LogP contribution in [0.15, 0.2) is 0 Å². The van der Waals surface area contributed by atoms with Crippen molar-refractivity contribution in [1.29, 1.82) is 0 Å². The molecule has 5 heteroatoms. The van der Waals surface area contributed by atoms with Crippen LogP contribution in [0, 0.1) is 5.92 Å². The third kappa shape index (κ3) is 3.73. The van der Waals surface area contributed by atoms with Crippen molar-refractivity contribution in [3.05, 3.63) is 0 Å². The van der Waals surface area contributed by atoms with E-state index in [2.05, 4.69) is 10.6 Å². The fraction of sp³-hybridized carbons (Fsp3) is 0.909. The second kappa shape index (κ2) is 6.83. The molecule has 5 nitrogen and oxygen atoms in total. The lowest BCUT2D eigenvalue weighted by atomic mass is 9.98. The predicted molar refractivity (Wildman–Crippen MR) is 61.0 cm³/mol. The molecule has 0 aromatic heterocycles. The molecular formula is C11H22N2O3. The van der Waals surface area contributed by atoms with Gasteiger partial charge in [-0.1, -0.05) is 0 Å². The first-order valence-corrected chi connectivity index (χ1v) is 5.75. The number of piperidine rings is 1. The maximum Gasteiger partial charge on any atom is 0.224 e. The highest BCUT2D eigenvalue weighted by molar-refractivity contribution is 5.79. The van der Waals surface area contributed by atoms with Gasteiger partial charge >= 0.3 is 0 Å². The zero-order valence-corrected chi connectivity index (χ0v) is 10.3. The topological polar surface area (TPSA) is 59.6 Å². The molecule has 1 rings (SSSR count). The molecule has 0 aliphatic carbocycles. The summed E-state index contributed by atoms with van der Waals surface area (Å²) in [5.74, 6) is 0.157. The van der Waals surface area contributed by atoms with Crippen molar-refractivity contribution < 1.29 is 14.3 Å². The summed E-state index contributed by atoms with van der Waals surface area (Å²) in [4.78, 5) is 11.9. The molecule has 0 spiro atoms. The molecule has 0 bridgehead atoms. The van der Waals surface area contributed by atoms with E-state index in [1.165, 1.54) is 0 Å². The quantitative estimate of drug-likeness (QED) is 0.658. The van der Waals surface area contributed by atoms with E-state index in [-0.39, 0.29) is 24.2 Å². The number of carbonyl (C=O) groups is 1. The number of nitrogens with one attached hydrogen (secondary N) is 2. The van der Waals surface area contributed by atoms with Gasteiger partial charge in [0.15, 0.2) is 6.29 Å². The molecule has 0 saturated carbocycles. The number of rotatable bonds is 5. The van der Waals surface area contributed by atoms with E-state index < -0.39 is 0 Å². The number of ether oxygens (including phenoxy) is 2. The molecule has 2 atom stereocenters. The first-order chi connectivity index (χ1) is 7.69. The lowest BCUT2D eigenvalue weighted by Crippen LogP contribution is -2.48. The number of carbonyl (C=O) groups excluding carboxylic acids is 1. The van der Waals surface area contributed by atoms with Gasteiger partial charge in [0, 0.05) is 20.8 Å². The molecule has 1 fully saturated rings. The first-order valence-electron chi connectivity index (χ1n) is 5.75. The molecule has 0 aromatic carbocycles. The maximum atomic E-state index is 11.9. The standard InChI is InChI=1S/C11H22N2O3/c1-8(11(15-2)16-3)13-10(14)9-5-4-6-12-7-9/h8-9,11-12H,4-7H2,1-3H3,(H,13,14)/t8?,9-/m1/s1. The molecule has 1 amide bonds. The van der Waals surface area contributed by atoms with Crippen molar-refractivity contribution in [2.45, 2.75) is 32.1 Å². The highest BCUT2D eigenvalue weighted by Gasteiger charge is 2.24. The maximum absolute atomic E-state index is 11.9. The Morgan fingerprint density at radius 2 is 2.12 bits per heavy atom. The van der Waals surface area contributed by atoms with Gasteiger partial charge in [0.25, 0.3) is 0 Å². The van der Waals surface area contributed by atoms with Gasteiger partial charge in [0.1, 0.15) is 0 Å². The molecule has 2 N–H and O–H groups in total. The van der Waals surface area contributed by atoms with Crippen LogP contribution < -0.4 is 10.6 Å². The Morgan fingerprint density at radius 1 is 1.44 bits per heavy atom. The number of methoxy groups -OCH3 is 2. The summed E-state index contributed by atoms with van der Waals surface area (Å²) in [5, 5.41) is 6.15. The van der Waals surface area contributed by atoms with Crippen LogP contribution in [-0.4, -0.2) is 45.5 Å². The van der Waals surface area contributed by atoms with Gasteiger partial charge in [0.2, 0.25) is 5.91 Å². The molecule has 1 aliphatic rings. The van der Waals surface area contributed by atoms with Gasteiger partial charge in [-0.05, 0) is 26.3 Å². The summed E-state index contributed by atoms with van der Waals surface area (Å²) in [7, 11) is 3.14. The molecule has 1 saturated heterocycles. The van der Waals surface area contributed by atoms with Gasteiger partial charge in [-0.25, -0.2) is 0 Å². The van der Waals surface area contributed by atoms with Crippen molar-refractivity contribution in [2.24, 2.45) is 5.92 Å². The van der Waals surface area contributed by atoms with Crippen LogP contribution >= 0.6 is 0 Å². The van der Waals surface area contributed by atoms with Crippen LogP contribution in [0.2, 0.25) is 0 Å². The SMILES string of the molecule is COC(OC)C(C)NC(=O)[C@@H]1CCCNC1. The average molecular weight is 230 g/mol. The molecule has 0 aromatic rings. The van der Waals surface area contributed by atoms with E-state index in [1.54, 1.807) is 14.2 Å². The van der Waals surface area contributed by atoms with Gasteiger partial charge in [-0.15, -0.1) is 0 Å². The lowest BCUT2D eigenvalue weighted by Gasteiger charge is -2.26. The van der Waals surface area contributed by atoms with E-state index in [0.29, 0.717) is 0 Å². The second-order valence-electron chi connectivity index (χ2n) is 4.18. The van der Waals surface area contributed by atoms with Crippen molar-refractivity contribution in [3.8, 4) is 0 Å². The zero-order chi connectivity index (χ0) is 12.0. The molecule has 1 unspecified atom stereocenters. The van der Waals surface area contributed by atoms with Crippen LogP contribution in [0.25, 0.3) is 0 Å². The fourth-order valence-electron chi connectivity index (χ4n) is 1.99. The van der Waals surface area contributed by atoms with Crippen molar-refractivity contribution in [2.75, 3.05) is 27.3 Å². The van der Waals surface area contributed by atoms with Crippen LogP contribution in [0.4, 0.5) is 0 Å². The lowest BCUT2D eigenvalue weighted by molar-refractivity contribution is -0.138. The third-order valence-corrected chi connectivity index (χ3v) is 2.91. The van der Waals surface area contributed by atoms with Gasteiger partial charge in [-0.3, -0.25) is 4.79 Å². The van der Waals surface area contributed by atoms with E-state index in [4.69, 9.17) is 9.47 Å². The minimum Gasteiger partial charge on any atom is -0.354 e. The van der Waals surface area contributed by atoms with Gasteiger partial charge in [0.05, 0.1) is 12.0 Å². The Hall–Kier alpha value is -0.650. The van der Waals surface area contributed by atoms with Gasteiger partial charge < -0.3 is 20.1 Å². The Balaban J connectivity index is 2.37. The number of hydrogen-bond acceptors (Lipinski definition) is 4. The number of hydrogen-bond donors (Lipinski definition) is 2. The van der Waals surface area contributed by atoms with Crippen molar-refractivity contribution >= 4 is 5.91 Å². The summed E-state index contributed by atoms with van der Waals surface area (Å²) < 4.78 is 10.2. The van der Waals surface area contributed by atoms with Crippen LogP contribution in [0.1, 0.15) is 19.8 Å². The summed E-state index contributed by atoms with van der Waals surface area (Å²) in [6.45, 7) is 3.66. The summed E-state index contributed by atoms with van der Waals surface area (Å²) >= 11 is 0. The summed E-state index contributed by atoms with van der Waals surface area (Å²) in [5.41, 5.74) is 0. The van der Waals surface area contributed by atoms with Crippen molar-refractivity contribution in [1.82, 2.24) is 10.6 Å². The minimum atomic E-state index is -0.388. The molecule has 94 valence electrons. The predicted octanol–water partition coefficient (Wildman–Crippen LogP) is 0.110. The molecule has 0 radical (unpaired) electrons. The Labute approximate surface area is 96.9 Å². The largest absolute Gasteiger partial charge is 0.354 e. The van der Waals surface area contributed by atoms with Gasteiger partial charge in [-0.2, -0.15) is 0 Å². The third-order valence-electron chi connectivity index (χ3n) is 2.91. The number of amides is 1. The Morgan fingerprint density at radius 3 is 2.62 bits per heavy atom. The van der Waals surface area contributed by atoms with Crippen LogP contribution in [0.5, 0.6) is 0 Å². The van der Waals surface area contributed by atoms with Crippen LogP contribution in [-0.2, 0) is 14.3 Å². The molecular weight excluding hydrogens is 208 g/mol. The highest BCUT2D eigenvalue weighted by Crippen LogP contribution is 2.10. The van der Waals surface area contributed by atoms with E-state index in [0.717, 1.165) is 25.9 Å².